The van der Waals surface area contributed by atoms with E-state index in [1.54, 1.807) is 36.1 Å². The molecule has 1 amide bonds. The molecular weight excluding hydrogens is 256 g/mol. The fraction of sp³-hybridized carbons (Fsp3) is 0.400. The van der Waals surface area contributed by atoms with Crippen LogP contribution in [0, 0.1) is 11.3 Å². The molecule has 20 heavy (non-hydrogen) atoms. The maximum Gasteiger partial charge on any atom is 0.328 e. The Kier molecular flexibility index (Phi) is 4.36. The van der Waals surface area contributed by atoms with Crippen molar-refractivity contribution in [3.63, 3.8) is 0 Å². The van der Waals surface area contributed by atoms with Crippen molar-refractivity contribution in [3.05, 3.63) is 35.4 Å². The lowest BCUT2D eigenvalue weighted by Crippen LogP contribution is -2.41. The molecule has 5 nitrogen and oxygen atoms in total. The molecule has 1 atom stereocenters. The van der Waals surface area contributed by atoms with Crippen molar-refractivity contribution in [2.75, 3.05) is 13.2 Å². The summed E-state index contributed by atoms with van der Waals surface area (Å²) in [6.07, 6.45) is 1.44. The minimum absolute atomic E-state index is 0.190. The summed E-state index contributed by atoms with van der Waals surface area (Å²) in [7, 11) is 0. The van der Waals surface area contributed by atoms with Crippen LogP contribution in [0.5, 0.6) is 0 Å². The first kappa shape index (κ1) is 14.1. The first-order valence-electron chi connectivity index (χ1n) is 6.65. The van der Waals surface area contributed by atoms with Gasteiger partial charge >= 0.3 is 5.97 Å². The number of hydrogen-bond donors (Lipinski definition) is 0. The van der Waals surface area contributed by atoms with Crippen molar-refractivity contribution in [1.82, 2.24) is 4.90 Å². The lowest BCUT2D eigenvalue weighted by atomic mass is 10.1. The summed E-state index contributed by atoms with van der Waals surface area (Å²) in [5.41, 5.74) is 0.991. The van der Waals surface area contributed by atoms with Gasteiger partial charge in [0.1, 0.15) is 6.04 Å². The van der Waals surface area contributed by atoms with Crippen molar-refractivity contribution in [2.24, 2.45) is 0 Å². The fourth-order valence-electron chi connectivity index (χ4n) is 2.35. The van der Waals surface area contributed by atoms with Gasteiger partial charge in [-0.3, -0.25) is 4.79 Å². The number of carbonyl (C=O) groups excluding carboxylic acids is 2. The molecule has 1 aromatic carbocycles. The van der Waals surface area contributed by atoms with Gasteiger partial charge in [0.2, 0.25) is 0 Å². The molecule has 1 aromatic rings. The van der Waals surface area contributed by atoms with Gasteiger partial charge in [0, 0.05) is 12.1 Å². The molecule has 2 rings (SSSR count). The predicted molar refractivity (Wildman–Crippen MR) is 71.8 cm³/mol. The van der Waals surface area contributed by atoms with Gasteiger partial charge < -0.3 is 9.64 Å². The molecule has 1 aliphatic heterocycles. The first-order chi connectivity index (χ1) is 9.67. The molecule has 1 fully saturated rings. The van der Waals surface area contributed by atoms with Crippen LogP contribution in [0.3, 0.4) is 0 Å². The second-order valence-electron chi connectivity index (χ2n) is 4.60. The van der Waals surface area contributed by atoms with Crippen LogP contribution in [0.25, 0.3) is 0 Å². The zero-order valence-corrected chi connectivity index (χ0v) is 11.3. The third kappa shape index (κ3) is 2.80. The maximum atomic E-state index is 12.4. The van der Waals surface area contributed by atoms with Gasteiger partial charge in [0.05, 0.1) is 18.2 Å². The van der Waals surface area contributed by atoms with Crippen molar-refractivity contribution < 1.29 is 14.3 Å². The van der Waals surface area contributed by atoms with E-state index in [1.165, 1.54) is 0 Å². The van der Waals surface area contributed by atoms with E-state index in [9.17, 15) is 9.59 Å². The smallest absolute Gasteiger partial charge is 0.328 e. The number of rotatable bonds is 3. The normalized spacial score (nSPS) is 17.6. The lowest BCUT2D eigenvalue weighted by molar-refractivity contribution is -0.147. The van der Waals surface area contributed by atoms with E-state index < -0.39 is 6.04 Å². The zero-order valence-electron chi connectivity index (χ0n) is 11.3. The summed E-state index contributed by atoms with van der Waals surface area (Å²) < 4.78 is 5.00. The Morgan fingerprint density at radius 1 is 1.40 bits per heavy atom. The van der Waals surface area contributed by atoms with E-state index in [0.29, 0.717) is 30.7 Å². The predicted octanol–water partition coefficient (Wildman–Crippen LogP) is 1.73. The van der Waals surface area contributed by atoms with E-state index in [-0.39, 0.29) is 11.9 Å². The Balaban J connectivity index is 2.14. The highest BCUT2D eigenvalue weighted by Gasteiger charge is 2.35. The van der Waals surface area contributed by atoms with Crippen LogP contribution >= 0.6 is 0 Å². The molecule has 5 heteroatoms. The molecule has 1 saturated heterocycles. The molecule has 1 unspecified atom stereocenters. The summed E-state index contributed by atoms with van der Waals surface area (Å²) in [6, 6.07) is 7.94. The van der Waals surface area contributed by atoms with Crippen LogP contribution in [-0.4, -0.2) is 36.0 Å². The van der Waals surface area contributed by atoms with E-state index >= 15 is 0 Å². The number of esters is 1. The molecule has 0 aliphatic carbocycles. The van der Waals surface area contributed by atoms with Crippen LogP contribution in [0.15, 0.2) is 24.3 Å². The molecule has 1 aliphatic rings. The van der Waals surface area contributed by atoms with Gasteiger partial charge in [0.15, 0.2) is 0 Å². The molecule has 0 aromatic heterocycles. The van der Waals surface area contributed by atoms with Crippen LogP contribution in [0.2, 0.25) is 0 Å². The van der Waals surface area contributed by atoms with E-state index in [2.05, 4.69) is 0 Å². The van der Waals surface area contributed by atoms with E-state index in [4.69, 9.17) is 10.00 Å². The minimum atomic E-state index is -0.488. The second kappa shape index (κ2) is 6.20. The monoisotopic (exact) mass is 272 g/mol. The van der Waals surface area contributed by atoms with Crippen molar-refractivity contribution in [1.29, 1.82) is 5.26 Å². The Morgan fingerprint density at radius 2 is 2.10 bits per heavy atom. The largest absolute Gasteiger partial charge is 0.464 e. The van der Waals surface area contributed by atoms with E-state index in [0.717, 1.165) is 6.42 Å². The number of carbonyl (C=O) groups is 2. The number of benzene rings is 1. The average Bonchev–Trinajstić information content (AvgIpc) is 2.96. The fourth-order valence-corrected chi connectivity index (χ4v) is 2.35. The van der Waals surface area contributed by atoms with Gasteiger partial charge in [0.25, 0.3) is 5.91 Å². The molecule has 0 radical (unpaired) electrons. The number of likely N-dealkylation sites (tertiary alicyclic amines) is 1. The summed E-state index contributed by atoms with van der Waals surface area (Å²) in [4.78, 5) is 25.8. The highest BCUT2D eigenvalue weighted by atomic mass is 16.5. The van der Waals surface area contributed by atoms with Gasteiger partial charge in [-0.05, 0) is 44.0 Å². The summed E-state index contributed by atoms with van der Waals surface area (Å²) in [6.45, 7) is 2.62. The number of amides is 1. The standard InChI is InChI=1S/C15H16N2O3/c1-2-20-15(19)13-4-3-9-17(13)14(18)12-7-5-11(10-16)6-8-12/h5-8,13H,2-4,9H2,1H3. The number of ether oxygens (including phenoxy) is 1. The highest BCUT2D eigenvalue weighted by molar-refractivity contribution is 5.97. The Labute approximate surface area is 117 Å². The topological polar surface area (TPSA) is 70.4 Å². The van der Waals surface area contributed by atoms with Gasteiger partial charge in [-0.1, -0.05) is 0 Å². The second-order valence-corrected chi connectivity index (χ2v) is 4.60. The van der Waals surface area contributed by atoms with Crippen LogP contribution in [-0.2, 0) is 9.53 Å². The third-order valence-electron chi connectivity index (χ3n) is 3.33. The molecular formula is C15H16N2O3. The molecule has 0 N–H and O–H groups in total. The quantitative estimate of drug-likeness (QED) is 0.786. The molecule has 104 valence electrons. The molecule has 0 bridgehead atoms. The van der Waals surface area contributed by atoms with Gasteiger partial charge in [-0.15, -0.1) is 0 Å². The summed E-state index contributed by atoms with van der Waals surface area (Å²) in [5, 5.41) is 8.75. The number of nitrogens with zero attached hydrogens (tertiary/aromatic N) is 2. The van der Waals surface area contributed by atoms with Crippen LogP contribution in [0.1, 0.15) is 35.7 Å². The Bertz CT molecular complexity index is 545. The molecule has 0 spiro atoms. The summed E-state index contributed by atoms with van der Waals surface area (Å²) in [5.74, 6) is -0.531. The SMILES string of the molecule is CCOC(=O)C1CCCN1C(=O)c1ccc(C#N)cc1. The van der Waals surface area contributed by atoms with E-state index in [1.807, 2.05) is 6.07 Å². The molecule has 0 saturated carbocycles. The third-order valence-corrected chi connectivity index (χ3v) is 3.33. The van der Waals surface area contributed by atoms with Crippen molar-refractivity contribution >= 4 is 11.9 Å². The summed E-state index contributed by atoms with van der Waals surface area (Å²) >= 11 is 0. The highest BCUT2D eigenvalue weighted by Crippen LogP contribution is 2.21. The first-order valence-corrected chi connectivity index (χ1v) is 6.65. The van der Waals surface area contributed by atoms with Crippen LogP contribution < -0.4 is 0 Å². The Hall–Kier alpha value is -2.35. The van der Waals surface area contributed by atoms with Gasteiger partial charge in [-0.25, -0.2) is 4.79 Å². The number of nitriles is 1. The lowest BCUT2D eigenvalue weighted by Gasteiger charge is -2.23. The zero-order chi connectivity index (χ0) is 14.5. The van der Waals surface area contributed by atoms with Crippen molar-refractivity contribution in [3.8, 4) is 6.07 Å². The van der Waals surface area contributed by atoms with Crippen molar-refractivity contribution in [2.45, 2.75) is 25.8 Å². The maximum absolute atomic E-state index is 12.4. The average molecular weight is 272 g/mol. The van der Waals surface area contributed by atoms with Gasteiger partial charge in [-0.2, -0.15) is 5.26 Å². The number of hydrogen-bond acceptors (Lipinski definition) is 4. The Morgan fingerprint density at radius 3 is 2.70 bits per heavy atom. The minimum Gasteiger partial charge on any atom is -0.464 e. The van der Waals surface area contributed by atoms with Crippen LogP contribution in [0.4, 0.5) is 0 Å². The molecule has 1 heterocycles.